The Morgan fingerprint density at radius 2 is 1.00 bits per heavy atom. The second-order valence-corrected chi connectivity index (χ2v) is 20.3. The Bertz CT molecular complexity index is 1250. The SMILES string of the molecule is CCCCC/C=C\C/C=C\C/C=C\C/C=C\CCCC(=O)O[C@H](COCCCCCCCCCCCCCCCCCC)COP(=O)(OCCNC(=O)OC(C)(C)C)OC(C)(C)C. The summed E-state index contributed by atoms with van der Waals surface area (Å²) in [6, 6.07) is 0. The zero-order chi connectivity index (χ0) is 46.8. The number of ether oxygens (including phenoxy) is 3. The van der Waals surface area contributed by atoms with Crippen LogP contribution in [0.25, 0.3) is 0 Å². The Labute approximate surface area is 387 Å². The quantitative estimate of drug-likeness (QED) is 0.0276. The average Bonchev–Trinajstić information content (AvgIpc) is 3.21. The molecule has 2 atom stereocenters. The van der Waals surface area contributed by atoms with Crippen LogP contribution in [0.4, 0.5) is 4.79 Å². The highest BCUT2D eigenvalue weighted by atomic mass is 31.2. The van der Waals surface area contributed by atoms with Crippen molar-refractivity contribution in [2.75, 3.05) is 33.0 Å². The molecule has 10 nitrogen and oxygen atoms in total. The van der Waals surface area contributed by atoms with Crippen molar-refractivity contribution < 1.29 is 41.9 Å². The lowest BCUT2D eigenvalue weighted by atomic mass is 10.0. The number of allylic oxidation sites excluding steroid dienone is 8. The topological polar surface area (TPSA) is 119 Å². The predicted octanol–water partition coefficient (Wildman–Crippen LogP) is 15.8. The van der Waals surface area contributed by atoms with Crippen LogP contribution in [0.3, 0.4) is 0 Å². The number of phosphoric acid groups is 1. The minimum Gasteiger partial charge on any atom is -0.457 e. The highest BCUT2D eigenvalue weighted by molar-refractivity contribution is 7.48. The standard InChI is InChI=1S/C52H96NO9P/c1-9-11-13-15-17-19-21-23-25-27-28-30-32-34-36-38-40-42-49(54)60-48(46-57-44-41-39-37-35-33-31-29-26-24-22-20-18-16-14-12-10-2)47-59-63(56,62-52(6,7)8)58-45-43-53-50(55)61-51(3,4)5/h17,19,23,25,28,30,34,36,48H,9-16,18,20-22,24,26-27,29,31-33,35,37-47H2,1-8H3,(H,53,55)/b19-17-,25-23-,30-28-,36-34-/t48-,63?/m1/s1. The smallest absolute Gasteiger partial charge is 0.457 e. The fraction of sp³-hybridized carbons (Fsp3) is 0.808. The Morgan fingerprint density at radius 1 is 0.540 bits per heavy atom. The van der Waals surface area contributed by atoms with Crippen LogP contribution in [0.2, 0.25) is 0 Å². The van der Waals surface area contributed by atoms with E-state index < -0.39 is 31.2 Å². The molecule has 11 heteroatoms. The number of unbranched alkanes of at least 4 members (excludes halogenated alkanes) is 19. The van der Waals surface area contributed by atoms with Gasteiger partial charge in [-0.15, -0.1) is 0 Å². The molecule has 0 heterocycles. The van der Waals surface area contributed by atoms with Crippen molar-refractivity contribution in [3.05, 3.63) is 48.6 Å². The van der Waals surface area contributed by atoms with Crippen LogP contribution in [0.5, 0.6) is 0 Å². The van der Waals surface area contributed by atoms with Gasteiger partial charge in [0.2, 0.25) is 0 Å². The molecule has 0 radical (unpaired) electrons. The van der Waals surface area contributed by atoms with E-state index in [4.69, 9.17) is 27.8 Å². The molecule has 1 N–H and O–H groups in total. The highest BCUT2D eigenvalue weighted by Gasteiger charge is 2.34. The second-order valence-electron chi connectivity index (χ2n) is 18.7. The summed E-state index contributed by atoms with van der Waals surface area (Å²) in [4.78, 5) is 25.0. The van der Waals surface area contributed by atoms with Crippen molar-refractivity contribution in [2.24, 2.45) is 0 Å². The Kier molecular flexibility index (Phi) is 39.8. The van der Waals surface area contributed by atoms with Crippen LogP contribution in [0, 0.1) is 0 Å². The molecule has 0 aromatic heterocycles. The summed E-state index contributed by atoms with van der Waals surface area (Å²) < 4.78 is 47.9. The normalized spacial score (nSPS) is 14.0. The van der Waals surface area contributed by atoms with Gasteiger partial charge in [-0.3, -0.25) is 18.4 Å². The first-order chi connectivity index (χ1) is 30.2. The number of amides is 1. The summed E-state index contributed by atoms with van der Waals surface area (Å²) >= 11 is 0. The van der Waals surface area contributed by atoms with E-state index in [1.54, 1.807) is 41.5 Å². The Hall–Kier alpha value is -2.23. The molecule has 0 aliphatic rings. The minimum absolute atomic E-state index is 0.0239. The Morgan fingerprint density at radius 3 is 1.49 bits per heavy atom. The van der Waals surface area contributed by atoms with Crippen LogP contribution in [0.15, 0.2) is 48.6 Å². The van der Waals surface area contributed by atoms with Crippen LogP contribution in [0.1, 0.15) is 222 Å². The average molecular weight is 910 g/mol. The fourth-order valence-corrected chi connectivity index (χ4v) is 7.99. The molecule has 1 unspecified atom stereocenters. The summed E-state index contributed by atoms with van der Waals surface area (Å²) in [6.45, 7) is 15.3. The zero-order valence-corrected chi connectivity index (χ0v) is 42.6. The summed E-state index contributed by atoms with van der Waals surface area (Å²) in [5.74, 6) is -0.375. The third kappa shape index (κ3) is 46.1. The molecule has 0 spiro atoms. The second kappa shape index (κ2) is 41.2. The van der Waals surface area contributed by atoms with Crippen LogP contribution >= 0.6 is 7.82 Å². The lowest BCUT2D eigenvalue weighted by molar-refractivity contribution is -0.155. The van der Waals surface area contributed by atoms with Crippen molar-refractivity contribution in [1.82, 2.24) is 5.32 Å². The van der Waals surface area contributed by atoms with Gasteiger partial charge in [0.25, 0.3) is 0 Å². The Balaban J connectivity index is 4.85. The number of nitrogens with one attached hydrogen (secondary N) is 1. The van der Waals surface area contributed by atoms with Crippen molar-refractivity contribution in [3.8, 4) is 0 Å². The van der Waals surface area contributed by atoms with Crippen molar-refractivity contribution in [1.29, 1.82) is 0 Å². The molecule has 0 bridgehead atoms. The molecular weight excluding hydrogens is 814 g/mol. The first kappa shape index (κ1) is 60.8. The zero-order valence-electron chi connectivity index (χ0n) is 41.7. The summed E-state index contributed by atoms with van der Waals surface area (Å²) in [5.41, 5.74) is -1.52. The van der Waals surface area contributed by atoms with Crippen molar-refractivity contribution >= 4 is 19.9 Å². The first-order valence-electron chi connectivity index (χ1n) is 25.1. The lowest BCUT2D eigenvalue weighted by Crippen LogP contribution is -2.34. The summed E-state index contributed by atoms with van der Waals surface area (Å²) in [6.07, 6.45) is 46.2. The maximum atomic E-state index is 13.8. The van der Waals surface area contributed by atoms with Gasteiger partial charge < -0.3 is 19.5 Å². The van der Waals surface area contributed by atoms with Gasteiger partial charge in [-0.1, -0.05) is 172 Å². The number of rotatable bonds is 42. The van der Waals surface area contributed by atoms with Crippen LogP contribution < -0.4 is 5.32 Å². The maximum absolute atomic E-state index is 13.8. The molecule has 0 rings (SSSR count). The molecule has 368 valence electrons. The highest BCUT2D eigenvalue weighted by Crippen LogP contribution is 2.52. The van der Waals surface area contributed by atoms with E-state index in [1.165, 1.54) is 116 Å². The molecule has 0 saturated carbocycles. The maximum Gasteiger partial charge on any atom is 0.475 e. The number of carbonyl (C=O) groups excluding carboxylic acids is 2. The summed E-state index contributed by atoms with van der Waals surface area (Å²) in [5, 5.41) is 2.58. The largest absolute Gasteiger partial charge is 0.475 e. The number of hydrogen-bond donors (Lipinski definition) is 1. The predicted molar refractivity (Wildman–Crippen MR) is 263 cm³/mol. The van der Waals surface area contributed by atoms with Gasteiger partial charge in [0, 0.05) is 19.6 Å². The molecule has 0 aromatic rings. The molecule has 0 aliphatic carbocycles. The van der Waals surface area contributed by atoms with E-state index in [9.17, 15) is 14.2 Å². The molecule has 0 saturated heterocycles. The molecule has 0 aliphatic heterocycles. The number of hydrogen-bond acceptors (Lipinski definition) is 9. The van der Waals surface area contributed by atoms with E-state index >= 15 is 0 Å². The van der Waals surface area contributed by atoms with Gasteiger partial charge in [-0.25, -0.2) is 9.36 Å². The van der Waals surface area contributed by atoms with Crippen molar-refractivity contribution in [2.45, 2.75) is 240 Å². The number of alkyl carbamates (subject to hydrolysis) is 1. The molecular formula is C52H96NO9P. The minimum atomic E-state index is -4.13. The van der Waals surface area contributed by atoms with E-state index in [0.29, 0.717) is 13.0 Å². The monoisotopic (exact) mass is 910 g/mol. The van der Waals surface area contributed by atoms with E-state index in [2.05, 4.69) is 67.8 Å². The van der Waals surface area contributed by atoms with Gasteiger partial charge in [-0.2, -0.15) is 0 Å². The molecule has 0 aromatic carbocycles. The van der Waals surface area contributed by atoms with E-state index in [-0.39, 0.29) is 38.8 Å². The van der Waals surface area contributed by atoms with Gasteiger partial charge in [-0.05, 0) is 92.9 Å². The van der Waals surface area contributed by atoms with Crippen molar-refractivity contribution in [3.63, 3.8) is 0 Å². The van der Waals surface area contributed by atoms with E-state index in [0.717, 1.165) is 38.5 Å². The van der Waals surface area contributed by atoms with Crippen LogP contribution in [-0.4, -0.2) is 62.3 Å². The number of carbonyl (C=O) groups is 2. The first-order valence-corrected chi connectivity index (χ1v) is 26.6. The third-order valence-electron chi connectivity index (χ3n) is 9.78. The molecule has 1 amide bonds. The third-order valence-corrected chi connectivity index (χ3v) is 11.5. The lowest BCUT2D eigenvalue weighted by Gasteiger charge is -2.27. The molecule has 63 heavy (non-hydrogen) atoms. The van der Waals surface area contributed by atoms with Gasteiger partial charge >= 0.3 is 19.9 Å². The summed E-state index contributed by atoms with van der Waals surface area (Å²) in [7, 11) is -4.13. The van der Waals surface area contributed by atoms with Gasteiger partial charge in [0.15, 0.2) is 0 Å². The molecule has 0 fully saturated rings. The van der Waals surface area contributed by atoms with Gasteiger partial charge in [0.05, 0.1) is 25.4 Å². The van der Waals surface area contributed by atoms with E-state index in [1.807, 2.05) is 0 Å². The number of phosphoric ester groups is 1. The van der Waals surface area contributed by atoms with Crippen LogP contribution in [-0.2, 0) is 37.1 Å². The number of esters is 1. The van der Waals surface area contributed by atoms with Gasteiger partial charge in [0.1, 0.15) is 11.7 Å². The fourth-order valence-electron chi connectivity index (χ4n) is 6.48.